The molecule has 186 valence electrons. The number of imide groups is 1. The summed E-state index contributed by atoms with van der Waals surface area (Å²) in [5.74, 6) is -0.0869. The number of carbonyl (C=O) groups is 2. The van der Waals surface area contributed by atoms with Crippen LogP contribution in [0.25, 0.3) is 6.08 Å². The average molecular weight is 513 g/mol. The van der Waals surface area contributed by atoms with Crippen molar-refractivity contribution in [3.8, 4) is 17.6 Å². The topological polar surface area (TPSA) is 79.6 Å². The van der Waals surface area contributed by atoms with E-state index in [1.54, 1.807) is 62.6 Å². The largest absolute Gasteiger partial charge is 0.493 e. The molecule has 37 heavy (non-hydrogen) atoms. The molecular weight excluding hydrogens is 488 g/mol. The first-order valence-electron chi connectivity index (χ1n) is 11.6. The summed E-state index contributed by atoms with van der Waals surface area (Å²) in [6, 6.07) is 22.3. The van der Waals surface area contributed by atoms with Gasteiger partial charge in [-0.05, 0) is 60.4 Å². The summed E-state index contributed by atoms with van der Waals surface area (Å²) in [5.41, 5.74) is 3.96. The second-order valence-corrected chi connectivity index (χ2v) is 9.05. The standard InChI is InChI=1S/C30H25ClN2O4/c1-19-8-10-21(11-9-19)18-37-27-13-12-22(15-28(27)36-3)14-24-20(2)25(16-32)30(35)33(29(24)34)17-23-6-4-5-7-26(23)31/h4-15H,17-18H2,1-3H3/b24-14+. The number of nitriles is 1. The van der Waals surface area contributed by atoms with Gasteiger partial charge in [0, 0.05) is 10.6 Å². The number of methoxy groups -OCH3 is 1. The molecule has 1 heterocycles. The highest BCUT2D eigenvalue weighted by Crippen LogP contribution is 2.33. The Hall–Kier alpha value is -4.34. The van der Waals surface area contributed by atoms with E-state index >= 15 is 0 Å². The summed E-state index contributed by atoms with van der Waals surface area (Å²) < 4.78 is 11.5. The lowest BCUT2D eigenvalue weighted by atomic mass is 9.93. The van der Waals surface area contributed by atoms with Crippen molar-refractivity contribution in [3.63, 3.8) is 0 Å². The zero-order chi connectivity index (χ0) is 26.5. The molecule has 4 rings (SSSR count). The average Bonchev–Trinajstić information content (AvgIpc) is 2.90. The third kappa shape index (κ3) is 5.58. The van der Waals surface area contributed by atoms with Crippen LogP contribution in [-0.2, 0) is 22.7 Å². The normalized spacial score (nSPS) is 14.7. The Balaban J connectivity index is 1.64. The van der Waals surface area contributed by atoms with Crippen molar-refractivity contribution in [1.82, 2.24) is 4.90 Å². The fourth-order valence-electron chi connectivity index (χ4n) is 3.98. The molecule has 0 aromatic heterocycles. The minimum Gasteiger partial charge on any atom is -0.493 e. The molecule has 1 aliphatic rings. The number of hydrogen-bond acceptors (Lipinski definition) is 5. The number of carbonyl (C=O) groups excluding carboxylic acids is 2. The van der Waals surface area contributed by atoms with E-state index in [0.29, 0.717) is 39.8 Å². The quantitative estimate of drug-likeness (QED) is 0.285. The van der Waals surface area contributed by atoms with Crippen LogP contribution in [0, 0.1) is 18.3 Å². The molecule has 0 spiro atoms. The first-order chi connectivity index (χ1) is 17.8. The van der Waals surface area contributed by atoms with E-state index in [9.17, 15) is 14.9 Å². The molecule has 0 fully saturated rings. The van der Waals surface area contributed by atoms with Gasteiger partial charge in [-0.25, -0.2) is 0 Å². The molecule has 0 saturated carbocycles. The zero-order valence-corrected chi connectivity index (χ0v) is 21.5. The monoisotopic (exact) mass is 512 g/mol. The molecule has 0 atom stereocenters. The summed E-state index contributed by atoms with van der Waals surface area (Å²) >= 11 is 6.26. The molecule has 0 saturated heterocycles. The van der Waals surface area contributed by atoms with Crippen LogP contribution in [0.3, 0.4) is 0 Å². The van der Waals surface area contributed by atoms with Crippen molar-refractivity contribution in [2.24, 2.45) is 0 Å². The molecule has 0 unspecified atom stereocenters. The maximum Gasteiger partial charge on any atom is 0.271 e. The molecule has 0 radical (unpaired) electrons. The van der Waals surface area contributed by atoms with Gasteiger partial charge >= 0.3 is 0 Å². The Labute approximate surface area is 221 Å². The van der Waals surface area contributed by atoms with Gasteiger partial charge in [-0.2, -0.15) is 5.26 Å². The molecule has 7 heteroatoms. The van der Waals surface area contributed by atoms with Gasteiger partial charge < -0.3 is 9.47 Å². The fraction of sp³-hybridized carbons (Fsp3) is 0.167. The van der Waals surface area contributed by atoms with Crippen LogP contribution in [0.4, 0.5) is 0 Å². The molecule has 1 aliphatic heterocycles. The minimum atomic E-state index is -0.639. The highest BCUT2D eigenvalue weighted by Gasteiger charge is 2.35. The van der Waals surface area contributed by atoms with E-state index in [1.807, 2.05) is 37.3 Å². The Morgan fingerprint density at radius 2 is 1.70 bits per heavy atom. The van der Waals surface area contributed by atoms with Gasteiger partial charge in [0.2, 0.25) is 0 Å². The maximum absolute atomic E-state index is 13.4. The number of halogens is 1. The number of ether oxygens (including phenoxy) is 2. The Bertz CT molecular complexity index is 1470. The van der Waals surface area contributed by atoms with Crippen LogP contribution in [-0.4, -0.2) is 23.8 Å². The molecule has 3 aromatic carbocycles. The second kappa shape index (κ2) is 11.2. The Kier molecular flexibility index (Phi) is 7.76. The van der Waals surface area contributed by atoms with E-state index in [4.69, 9.17) is 21.1 Å². The SMILES string of the molecule is COc1cc(/C=C2/C(=O)N(Cc3ccccc3Cl)C(=O)C(C#N)=C2C)ccc1OCc1ccc(C)cc1. The zero-order valence-electron chi connectivity index (χ0n) is 20.7. The summed E-state index contributed by atoms with van der Waals surface area (Å²) in [4.78, 5) is 27.4. The van der Waals surface area contributed by atoms with Crippen LogP contribution < -0.4 is 9.47 Å². The third-order valence-corrected chi connectivity index (χ3v) is 6.49. The van der Waals surface area contributed by atoms with Gasteiger partial charge in [0.15, 0.2) is 11.5 Å². The van der Waals surface area contributed by atoms with Gasteiger partial charge in [0.1, 0.15) is 18.2 Å². The first-order valence-corrected chi connectivity index (χ1v) is 12.0. The van der Waals surface area contributed by atoms with Crippen molar-refractivity contribution in [1.29, 1.82) is 5.26 Å². The Morgan fingerprint density at radius 1 is 0.973 bits per heavy atom. The minimum absolute atomic E-state index is 0.0394. The van der Waals surface area contributed by atoms with Crippen LogP contribution in [0.2, 0.25) is 5.02 Å². The highest BCUT2D eigenvalue weighted by molar-refractivity contribution is 6.31. The van der Waals surface area contributed by atoms with E-state index in [1.165, 1.54) is 5.56 Å². The summed E-state index contributed by atoms with van der Waals surface area (Å²) in [6.45, 7) is 3.97. The third-order valence-electron chi connectivity index (χ3n) is 6.13. The van der Waals surface area contributed by atoms with E-state index in [2.05, 4.69) is 0 Å². The van der Waals surface area contributed by atoms with Crippen molar-refractivity contribution < 1.29 is 19.1 Å². The summed E-state index contributed by atoms with van der Waals surface area (Å²) in [7, 11) is 1.54. The summed E-state index contributed by atoms with van der Waals surface area (Å²) in [5, 5.41) is 10.1. The second-order valence-electron chi connectivity index (χ2n) is 8.64. The first kappa shape index (κ1) is 25.7. The number of nitrogens with zero attached hydrogens (tertiary/aromatic N) is 2. The van der Waals surface area contributed by atoms with E-state index in [-0.39, 0.29) is 17.7 Å². The van der Waals surface area contributed by atoms with Crippen LogP contribution in [0.15, 0.2) is 83.4 Å². The van der Waals surface area contributed by atoms with Crippen molar-refractivity contribution in [3.05, 3.63) is 111 Å². The van der Waals surface area contributed by atoms with Gasteiger partial charge in [-0.3, -0.25) is 14.5 Å². The Morgan fingerprint density at radius 3 is 2.38 bits per heavy atom. The molecule has 6 nitrogen and oxygen atoms in total. The number of rotatable bonds is 7. The van der Waals surface area contributed by atoms with Crippen molar-refractivity contribution in [2.75, 3.05) is 7.11 Å². The lowest BCUT2D eigenvalue weighted by Gasteiger charge is -2.27. The highest BCUT2D eigenvalue weighted by atomic mass is 35.5. The molecule has 0 bridgehead atoms. The van der Waals surface area contributed by atoms with Gasteiger partial charge in [-0.15, -0.1) is 0 Å². The lowest BCUT2D eigenvalue weighted by molar-refractivity contribution is -0.141. The summed E-state index contributed by atoms with van der Waals surface area (Å²) in [6.07, 6.45) is 1.65. The molecule has 3 aromatic rings. The smallest absolute Gasteiger partial charge is 0.271 e. The molecule has 0 aliphatic carbocycles. The van der Waals surface area contributed by atoms with E-state index < -0.39 is 11.8 Å². The van der Waals surface area contributed by atoms with E-state index in [0.717, 1.165) is 10.5 Å². The van der Waals surface area contributed by atoms with Crippen LogP contribution >= 0.6 is 11.6 Å². The lowest BCUT2D eigenvalue weighted by Crippen LogP contribution is -2.42. The molecule has 2 amide bonds. The number of aryl methyl sites for hydroxylation is 1. The van der Waals surface area contributed by atoms with Crippen molar-refractivity contribution in [2.45, 2.75) is 27.0 Å². The van der Waals surface area contributed by atoms with Crippen LogP contribution in [0.1, 0.15) is 29.2 Å². The van der Waals surface area contributed by atoms with Crippen molar-refractivity contribution >= 4 is 29.5 Å². The van der Waals surface area contributed by atoms with Crippen LogP contribution in [0.5, 0.6) is 11.5 Å². The number of benzene rings is 3. The van der Waals surface area contributed by atoms with Gasteiger partial charge in [0.25, 0.3) is 11.8 Å². The fourth-order valence-corrected chi connectivity index (χ4v) is 4.17. The number of amides is 2. The number of hydrogen-bond donors (Lipinski definition) is 0. The molecule has 0 N–H and O–H groups in total. The predicted molar refractivity (Wildman–Crippen MR) is 142 cm³/mol. The van der Waals surface area contributed by atoms with Gasteiger partial charge in [-0.1, -0.05) is 65.7 Å². The molecular formula is C30H25ClN2O4. The van der Waals surface area contributed by atoms with Gasteiger partial charge in [0.05, 0.1) is 13.7 Å². The maximum atomic E-state index is 13.4. The predicted octanol–water partition coefficient (Wildman–Crippen LogP) is 6.03.